The van der Waals surface area contributed by atoms with E-state index in [1.807, 2.05) is 61.5 Å². The average Bonchev–Trinajstić information content (AvgIpc) is 2.69. The van der Waals surface area contributed by atoms with Gasteiger partial charge in [-0.3, -0.25) is 9.78 Å². The molecule has 1 aromatic heterocycles. The van der Waals surface area contributed by atoms with E-state index in [4.69, 9.17) is 4.74 Å². The number of benzene rings is 2. The van der Waals surface area contributed by atoms with Gasteiger partial charge in [0, 0.05) is 17.6 Å². The van der Waals surface area contributed by atoms with Crippen LogP contribution in [-0.2, 0) is 6.54 Å². The molecule has 2 N–H and O–H groups in total. The molecule has 26 heavy (non-hydrogen) atoms. The van der Waals surface area contributed by atoms with E-state index in [1.165, 1.54) is 0 Å². The quantitative estimate of drug-likeness (QED) is 0.667. The first kappa shape index (κ1) is 17.5. The number of para-hydroxylation sites is 1. The maximum absolute atomic E-state index is 12.5. The average molecular weight is 347 g/mol. The van der Waals surface area contributed by atoms with Crippen molar-refractivity contribution in [2.45, 2.75) is 13.5 Å². The summed E-state index contributed by atoms with van der Waals surface area (Å²) in [6, 6.07) is 20.6. The largest absolute Gasteiger partial charge is 0.493 e. The summed E-state index contributed by atoms with van der Waals surface area (Å²) in [5.74, 6) is 0.393. The molecule has 1 amide bonds. The molecule has 1 heterocycles. The number of hydrogen-bond donors (Lipinski definition) is 2. The predicted octanol–water partition coefficient (Wildman–Crippen LogP) is 4.34. The number of nitrogens with one attached hydrogen (secondary N) is 2. The van der Waals surface area contributed by atoms with Crippen LogP contribution >= 0.6 is 0 Å². The van der Waals surface area contributed by atoms with Crippen LogP contribution in [0.15, 0.2) is 72.9 Å². The lowest BCUT2D eigenvalue weighted by atomic mass is 10.2. The van der Waals surface area contributed by atoms with Gasteiger partial charge in [0.15, 0.2) is 0 Å². The van der Waals surface area contributed by atoms with Crippen LogP contribution in [0.25, 0.3) is 0 Å². The molecule has 0 unspecified atom stereocenters. The molecule has 0 fully saturated rings. The Morgan fingerprint density at radius 1 is 0.962 bits per heavy atom. The zero-order valence-corrected chi connectivity index (χ0v) is 14.6. The van der Waals surface area contributed by atoms with Crippen LogP contribution < -0.4 is 15.4 Å². The van der Waals surface area contributed by atoms with Crippen LogP contribution in [0, 0.1) is 0 Å². The zero-order valence-electron chi connectivity index (χ0n) is 14.6. The Kier molecular flexibility index (Phi) is 5.83. The van der Waals surface area contributed by atoms with Gasteiger partial charge in [-0.25, -0.2) is 0 Å². The summed E-state index contributed by atoms with van der Waals surface area (Å²) in [4.78, 5) is 16.8. The molecular weight excluding hydrogens is 326 g/mol. The van der Waals surface area contributed by atoms with E-state index in [1.54, 1.807) is 18.3 Å². The summed E-state index contributed by atoms with van der Waals surface area (Å²) in [5, 5.41) is 6.20. The molecule has 3 aromatic rings. The van der Waals surface area contributed by atoms with E-state index in [2.05, 4.69) is 15.6 Å². The van der Waals surface area contributed by atoms with E-state index < -0.39 is 0 Å². The number of pyridine rings is 1. The van der Waals surface area contributed by atoms with Crippen LogP contribution in [0.5, 0.6) is 5.75 Å². The second-order valence-corrected chi connectivity index (χ2v) is 5.64. The highest BCUT2D eigenvalue weighted by Crippen LogP contribution is 2.20. The highest BCUT2D eigenvalue weighted by atomic mass is 16.5. The summed E-state index contributed by atoms with van der Waals surface area (Å²) in [6.07, 6.45) is 1.77. The van der Waals surface area contributed by atoms with E-state index in [-0.39, 0.29) is 5.91 Å². The minimum atomic E-state index is -0.191. The zero-order chi connectivity index (χ0) is 18.2. The number of anilines is 2. The number of carbonyl (C=O) groups excluding carboxylic acids is 1. The first-order chi connectivity index (χ1) is 12.8. The van der Waals surface area contributed by atoms with Gasteiger partial charge in [-0.2, -0.15) is 0 Å². The van der Waals surface area contributed by atoms with Crippen LogP contribution in [-0.4, -0.2) is 17.5 Å². The van der Waals surface area contributed by atoms with Crippen molar-refractivity contribution in [2.75, 3.05) is 17.2 Å². The van der Waals surface area contributed by atoms with Crippen molar-refractivity contribution in [2.24, 2.45) is 0 Å². The molecule has 3 rings (SSSR count). The smallest absolute Gasteiger partial charge is 0.259 e. The highest BCUT2D eigenvalue weighted by molar-refractivity contribution is 6.06. The molecule has 0 aliphatic rings. The summed E-state index contributed by atoms with van der Waals surface area (Å²) in [6.45, 7) is 3.06. The van der Waals surface area contributed by atoms with Gasteiger partial charge in [0.25, 0.3) is 5.91 Å². The standard InChI is InChI=1S/C21H21N3O2/c1-2-26-20-9-4-3-8-19(20)21(25)24-17-12-10-16(11-13-17)23-15-18-7-5-6-14-22-18/h3-14,23H,2,15H2,1H3,(H,24,25). The van der Waals surface area contributed by atoms with Gasteiger partial charge in [0.2, 0.25) is 0 Å². The summed E-state index contributed by atoms with van der Waals surface area (Å²) >= 11 is 0. The number of nitrogens with zero attached hydrogens (tertiary/aromatic N) is 1. The Morgan fingerprint density at radius 2 is 1.69 bits per heavy atom. The molecule has 5 heteroatoms. The number of rotatable bonds is 7. The number of amides is 1. The van der Waals surface area contributed by atoms with Crippen LogP contribution in [0.4, 0.5) is 11.4 Å². The Hall–Kier alpha value is -3.34. The number of hydrogen-bond acceptors (Lipinski definition) is 4. The Morgan fingerprint density at radius 3 is 2.42 bits per heavy atom. The topological polar surface area (TPSA) is 63.2 Å². The van der Waals surface area contributed by atoms with E-state index in [0.717, 1.165) is 17.1 Å². The Balaban J connectivity index is 1.61. The van der Waals surface area contributed by atoms with Gasteiger partial charge < -0.3 is 15.4 Å². The van der Waals surface area contributed by atoms with Crippen molar-refractivity contribution in [1.82, 2.24) is 4.98 Å². The van der Waals surface area contributed by atoms with E-state index in [0.29, 0.717) is 24.5 Å². The first-order valence-corrected chi connectivity index (χ1v) is 8.53. The molecule has 132 valence electrons. The Labute approximate surface area is 153 Å². The molecule has 0 atom stereocenters. The maximum Gasteiger partial charge on any atom is 0.259 e. The van der Waals surface area contributed by atoms with Gasteiger partial charge in [0.1, 0.15) is 5.75 Å². The van der Waals surface area contributed by atoms with Crippen LogP contribution in [0.3, 0.4) is 0 Å². The molecule has 0 aliphatic heterocycles. The van der Waals surface area contributed by atoms with E-state index >= 15 is 0 Å². The number of ether oxygens (including phenoxy) is 1. The molecule has 0 saturated heterocycles. The summed E-state index contributed by atoms with van der Waals surface area (Å²) in [7, 11) is 0. The lowest BCUT2D eigenvalue weighted by molar-refractivity contribution is 0.102. The van der Waals surface area contributed by atoms with Crippen molar-refractivity contribution in [1.29, 1.82) is 0 Å². The first-order valence-electron chi connectivity index (χ1n) is 8.53. The van der Waals surface area contributed by atoms with Gasteiger partial charge in [-0.1, -0.05) is 18.2 Å². The second kappa shape index (κ2) is 8.67. The van der Waals surface area contributed by atoms with Gasteiger partial charge in [-0.15, -0.1) is 0 Å². The van der Waals surface area contributed by atoms with Crippen molar-refractivity contribution in [3.8, 4) is 5.75 Å². The van der Waals surface area contributed by atoms with Gasteiger partial charge in [-0.05, 0) is 55.5 Å². The molecule has 0 saturated carbocycles. The fraction of sp³-hybridized carbons (Fsp3) is 0.143. The highest BCUT2D eigenvalue weighted by Gasteiger charge is 2.12. The minimum absolute atomic E-state index is 0.191. The molecule has 0 bridgehead atoms. The third-order valence-corrected chi connectivity index (χ3v) is 3.77. The molecule has 0 aliphatic carbocycles. The fourth-order valence-electron chi connectivity index (χ4n) is 2.50. The molecular formula is C21H21N3O2. The normalized spacial score (nSPS) is 10.2. The van der Waals surface area contributed by atoms with Crippen LogP contribution in [0.1, 0.15) is 23.0 Å². The summed E-state index contributed by atoms with van der Waals surface area (Å²) in [5.41, 5.74) is 3.18. The number of aromatic nitrogens is 1. The SMILES string of the molecule is CCOc1ccccc1C(=O)Nc1ccc(NCc2ccccn2)cc1. The molecule has 0 spiro atoms. The third kappa shape index (κ3) is 4.60. The second-order valence-electron chi connectivity index (χ2n) is 5.64. The van der Waals surface area contributed by atoms with Crippen molar-refractivity contribution >= 4 is 17.3 Å². The third-order valence-electron chi connectivity index (χ3n) is 3.77. The van der Waals surface area contributed by atoms with Gasteiger partial charge >= 0.3 is 0 Å². The lowest BCUT2D eigenvalue weighted by Gasteiger charge is -2.11. The van der Waals surface area contributed by atoms with Crippen LogP contribution in [0.2, 0.25) is 0 Å². The molecule has 2 aromatic carbocycles. The number of carbonyl (C=O) groups is 1. The van der Waals surface area contributed by atoms with Crippen molar-refractivity contribution in [3.05, 3.63) is 84.2 Å². The minimum Gasteiger partial charge on any atom is -0.493 e. The van der Waals surface area contributed by atoms with Crippen molar-refractivity contribution < 1.29 is 9.53 Å². The van der Waals surface area contributed by atoms with Gasteiger partial charge in [0.05, 0.1) is 24.4 Å². The monoisotopic (exact) mass is 347 g/mol. The predicted molar refractivity (Wildman–Crippen MR) is 104 cm³/mol. The molecule has 0 radical (unpaired) electrons. The van der Waals surface area contributed by atoms with E-state index in [9.17, 15) is 4.79 Å². The fourth-order valence-corrected chi connectivity index (χ4v) is 2.50. The van der Waals surface area contributed by atoms with Crippen molar-refractivity contribution in [3.63, 3.8) is 0 Å². The lowest BCUT2D eigenvalue weighted by Crippen LogP contribution is -2.13. The maximum atomic E-state index is 12.5. The Bertz CT molecular complexity index is 849. The summed E-state index contributed by atoms with van der Waals surface area (Å²) < 4.78 is 5.51. The molecule has 5 nitrogen and oxygen atoms in total.